The van der Waals surface area contributed by atoms with Gasteiger partial charge in [0.05, 0.1) is 5.56 Å². The van der Waals surface area contributed by atoms with Crippen LogP contribution >= 0.6 is 0 Å². The summed E-state index contributed by atoms with van der Waals surface area (Å²) in [5.74, 6) is 1.90. The lowest BCUT2D eigenvalue weighted by Crippen LogP contribution is -2.60. The van der Waals surface area contributed by atoms with Gasteiger partial charge in [-0.3, -0.25) is 9.59 Å². The number of anilines is 1. The molecule has 0 saturated carbocycles. The fraction of sp³-hybridized carbons (Fsp3) is 0.550. The second-order valence-electron chi connectivity index (χ2n) is 7.65. The van der Waals surface area contributed by atoms with Crippen molar-refractivity contribution in [2.75, 3.05) is 31.1 Å². The van der Waals surface area contributed by atoms with E-state index in [-0.39, 0.29) is 5.91 Å². The first-order valence-corrected chi connectivity index (χ1v) is 9.56. The molecule has 0 spiro atoms. The third-order valence-electron chi connectivity index (χ3n) is 5.92. The molecule has 4 heterocycles. The van der Waals surface area contributed by atoms with Crippen molar-refractivity contribution in [3.05, 3.63) is 36.5 Å². The number of aromatic nitrogens is 1. The lowest BCUT2D eigenvalue weighted by atomic mass is 9.76. The van der Waals surface area contributed by atoms with E-state index in [1.807, 2.05) is 6.07 Å². The van der Waals surface area contributed by atoms with Gasteiger partial charge in [0.2, 0.25) is 5.91 Å². The molecule has 3 saturated heterocycles. The maximum absolute atomic E-state index is 12.5. The molecule has 138 valence electrons. The van der Waals surface area contributed by atoms with Gasteiger partial charge in [0.15, 0.2) is 0 Å². The quantitative estimate of drug-likeness (QED) is 0.838. The average Bonchev–Trinajstić information content (AvgIpc) is 2.67. The summed E-state index contributed by atoms with van der Waals surface area (Å²) in [4.78, 5) is 33.7. The number of hydrogen-bond acceptors (Lipinski definition) is 4. The zero-order valence-electron chi connectivity index (χ0n) is 15.1. The Labute approximate surface area is 154 Å². The molecule has 2 unspecified atom stereocenters. The smallest absolute Gasteiger partial charge is 0.255 e. The highest BCUT2D eigenvalue weighted by atomic mass is 16.2. The number of rotatable bonds is 4. The highest BCUT2D eigenvalue weighted by Gasteiger charge is 2.44. The number of nitrogens with one attached hydrogen (secondary N) is 1. The zero-order chi connectivity index (χ0) is 18.1. The summed E-state index contributed by atoms with van der Waals surface area (Å²) in [6.45, 7) is 6.66. The molecule has 2 bridgehead atoms. The van der Waals surface area contributed by atoms with E-state index >= 15 is 0 Å². The van der Waals surface area contributed by atoms with Gasteiger partial charge in [-0.15, -0.1) is 6.58 Å². The van der Waals surface area contributed by atoms with E-state index in [9.17, 15) is 9.59 Å². The second-order valence-corrected chi connectivity index (χ2v) is 7.65. The minimum Gasteiger partial charge on any atom is -0.355 e. The summed E-state index contributed by atoms with van der Waals surface area (Å²) in [7, 11) is 0. The molecule has 6 nitrogen and oxygen atoms in total. The predicted octanol–water partition coefficient (Wildman–Crippen LogP) is 1.83. The van der Waals surface area contributed by atoms with Crippen LogP contribution in [-0.4, -0.2) is 53.9 Å². The van der Waals surface area contributed by atoms with Crippen molar-refractivity contribution in [2.45, 2.75) is 31.7 Å². The van der Waals surface area contributed by atoms with Crippen LogP contribution in [0, 0.1) is 11.8 Å². The van der Waals surface area contributed by atoms with Crippen molar-refractivity contribution in [3.63, 3.8) is 0 Å². The highest BCUT2D eigenvalue weighted by molar-refractivity contribution is 5.99. The van der Waals surface area contributed by atoms with E-state index in [1.54, 1.807) is 18.3 Å². The minimum absolute atomic E-state index is 0.113. The molecule has 26 heavy (non-hydrogen) atoms. The van der Waals surface area contributed by atoms with Gasteiger partial charge in [-0.1, -0.05) is 6.08 Å². The van der Waals surface area contributed by atoms with Crippen LogP contribution in [0.1, 0.15) is 36.0 Å². The molecule has 3 fully saturated rings. The number of carbonyl (C=O) groups is 2. The van der Waals surface area contributed by atoms with E-state index in [0.29, 0.717) is 42.3 Å². The van der Waals surface area contributed by atoms with Crippen LogP contribution in [0.5, 0.6) is 0 Å². The van der Waals surface area contributed by atoms with Crippen LogP contribution in [-0.2, 0) is 4.79 Å². The van der Waals surface area contributed by atoms with Crippen LogP contribution in [0.15, 0.2) is 31.0 Å². The Balaban J connectivity index is 1.56. The lowest BCUT2D eigenvalue weighted by molar-refractivity contribution is -0.142. The summed E-state index contributed by atoms with van der Waals surface area (Å²) in [6, 6.07) is 4.00. The van der Waals surface area contributed by atoms with Gasteiger partial charge in [0.1, 0.15) is 5.82 Å². The molecular formula is C20H26N4O2. The second kappa shape index (κ2) is 7.09. The Bertz CT molecular complexity index is 720. The average molecular weight is 354 g/mol. The molecule has 3 aliphatic heterocycles. The molecule has 6 heteroatoms. The fourth-order valence-corrected chi connectivity index (χ4v) is 4.87. The lowest BCUT2D eigenvalue weighted by Gasteiger charge is -2.52. The molecule has 3 atom stereocenters. The Hall–Kier alpha value is -2.37. The van der Waals surface area contributed by atoms with Gasteiger partial charge in [-0.05, 0) is 43.2 Å². The van der Waals surface area contributed by atoms with Crippen LogP contribution in [0.3, 0.4) is 0 Å². The van der Waals surface area contributed by atoms with Crippen molar-refractivity contribution >= 4 is 17.6 Å². The normalized spacial score (nSPS) is 27.7. The minimum atomic E-state index is -0.113. The number of fused-ring (bicyclic) bond motifs is 4. The monoisotopic (exact) mass is 354 g/mol. The Kier molecular flexibility index (Phi) is 4.66. The highest BCUT2D eigenvalue weighted by Crippen LogP contribution is 2.39. The molecule has 1 aromatic heterocycles. The van der Waals surface area contributed by atoms with Gasteiger partial charge in [0.25, 0.3) is 5.91 Å². The van der Waals surface area contributed by atoms with Gasteiger partial charge >= 0.3 is 0 Å². The van der Waals surface area contributed by atoms with E-state index < -0.39 is 0 Å². The van der Waals surface area contributed by atoms with Crippen molar-refractivity contribution in [3.8, 4) is 0 Å². The van der Waals surface area contributed by atoms with Crippen LogP contribution < -0.4 is 10.2 Å². The van der Waals surface area contributed by atoms with Gasteiger partial charge < -0.3 is 15.1 Å². The molecular weight excluding hydrogens is 328 g/mol. The van der Waals surface area contributed by atoms with Gasteiger partial charge in [-0.2, -0.15) is 0 Å². The maximum atomic E-state index is 12.5. The number of carbonyl (C=O) groups excluding carboxylic acids is 2. The first-order valence-electron chi connectivity index (χ1n) is 9.56. The molecule has 2 amide bonds. The summed E-state index contributed by atoms with van der Waals surface area (Å²) in [5, 5.41) is 2.85. The zero-order valence-corrected chi connectivity index (χ0v) is 15.1. The Morgan fingerprint density at radius 2 is 2.27 bits per heavy atom. The van der Waals surface area contributed by atoms with E-state index in [0.717, 1.165) is 38.3 Å². The van der Waals surface area contributed by atoms with Crippen molar-refractivity contribution in [1.82, 2.24) is 15.2 Å². The first-order chi connectivity index (χ1) is 12.7. The largest absolute Gasteiger partial charge is 0.355 e. The van der Waals surface area contributed by atoms with E-state index in [2.05, 4.69) is 26.7 Å². The number of amides is 2. The topological polar surface area (TPSA) is 65.5 Å². The molecule has 4 rings (SSSR count). The molecule has 0 aromatic carbocycles. The predicted molar refractivity (Wildman–Crippen MR) is 99.9 cm³/mol. The van der Waals surface area contributed by atoms with Gasteiger partial charge in [-0.25, -0.2) is 4.98 Å². The standard InChI is InChI=1S/C20H26N4O2/c1-2-8-22-20(26)16-5-4-9-21-19(16)23-11-14-10-15(13-23)17-6-3-7-18(25)24(17)12-14/h2,4-5,9,14-15,17H,1,3,6-8,10-13H2,(H,22,26)/t14?,15?,17-/m1/s1. The summed E-state index contributed by atoms with van der Waals surface area (Å²) < 4.78 is 0. The third kappa shape index (κ3) is 3.08. The SMILES string of the molecule is C=CCNC(=O)c1cccnc1N1CC2CC(C1)[C@H]1CCCC(=O)N1C2. The fourth-order valence-electron chi connectivity index (χ4n) is 4.87. The Morgan fingerprint density at radius 1 is 1.38 bits per heavy atom. The van der Waals surface area contributed by atoms with E-state index in [1.165, 1.54) is 6.42 Å². The molecule has 0 aliphatic carbocycles. The number of pyridine rings is 1. The maximum Gasteiger partial charge on any atom is 0.255 e. The van der Waals surface area contributed by atoms with Crippen molar-refractivity contribution < 1.29 is 9.59 Å². The molecule has 1 aromatic rings. The summed E-state index contributed by atoms with van der Waals surface area (Å²) in [6.07, 6.45) is 7.41. The van der Waals surface area contributed by atoms with Crippen LogP contribution in [0.2, 0.25) is 0 Å². The number of nitrogens with zero attached hydrogens (tertiary/aromatic N) is 3. The third-order valence-corrected chi connectivity index (χ3v) is 5.92. The number of hydrogen-bond donors (Lipinski definition) is 1. The van der Waals surface area contributed by atoms with Crippen LogP contribution in [0.4, 0.5) is 5.82 Å². The summed E-state index contributed by atoms with van der Waals surface area (Å²) in [5.41, 5.74) is 0.617. The molecule has 3 aliphatic rings. The van der Waals surface area contributed by atoms with Crippen molar-refractivity contribution in [2.24, 2.45) is 11.8 Å². The Morgan fingerprint density at radius 3 is 3.12 bits per heavy atom. The van der Waals surface area contributed by atoms with Crippen LogP contribution in [0.25, 0.3) is 0 Å². The van der Waals surface area contributed by atoms with E-state index in [4.69, 9.17) is 0 Å². The van der Waals surface area contributed by atoms with Gasteiger partial charge in [0, 0.05) is 44.8 Å². The summed E-state index contributed by atoms with van der Waals surface area (Å²) >= 11 is 0. The molecule has 0 radical (unpaired) electrons. The molecule has 1 N–H and O–H groups in total. The number of piperidine rings is 3. The van der Waals surface area contributed by atoms with Crippen molar-refractivity contribution in [1.29, 1.82) is 0 Å². The first kappa shape index (κ1) is 17.1.